The number of furan rings is 1. The van der Waals surface area contributed by atoms with Crippen LogP contribution in [0.5, 0.6) is 0 Å². The minimum absolute atomic E-state index is 0.0538. The van der Waals surface area contributed by atoms with Crippen molar-refractivity contribution in [2.45, 2.75) is 13.1 Å². The number of hydrogen-bond donors (Lipinski definition) is 1. The van der Waals surface area contributed by atoms with Crippen LogP contribution < -0.4 is 0 Å². The molecular weight excluding hydrogens is 270 g/mol. The lowest BCUT2D eigenvalue weighted by Gasteiger charge is -2.21. The third kappa shape index (κ3) is 4.18. The Bertz CT molecular complexity index is 565. The van der Waals surface area contributed by atoms with E-state index in [9.17, 15) is 9.90 Å². The first-order chi connectivity index (χ1) is 10.2. The predicted molar refractivity (Wildman–Crippen MR) is 77.7 cm³/mol. The average Bonchev–Trinajstić information content (AvgIpc) is 2.96. The number of methoxy groups -OCH3 is 1. The number of carbonyl (C=O) groups excluding carboxylic acids is 1. The van der Waals surface area contributed by atoms with E-state index in [4.69, 9.17) is 9.15 Å². The van der Waals surface area contributed by atoms with Crippen molar-refractivity contribution in [2.24, 2.45) is 0 Å². The van der Waals surface area contributed by atoms with Crippen molar-refractivity contribution in [3.8, 4) is 0 Å². The molecule has 0 saturated carbocycles. The average molecular weight is 289 g/mol. The topological polar surface area (TPSA) is 62.9 Å². The minimum atomic E-state index is -0.487. The van der Waals surface area contributed by atoms with E-state index in [1.165, 1.54) is 13.4 Å². The van der Waals surface area contributed by atoms with E-state index < -0.39 is 5.97 Å². The first-order valence-electron chi connectivity index (χ1n) is 6.76. The van der Waals surface area contributed by atoms with Crippen molar-refractivity contribution < 1.29 is 19.1 Å². The zero-order chi connectivity index (χ0) is 15.1. The number of carbonyl (C=O) groups is 1. The molecule has 0 saturated heterocycles. The summed E-state index contributed by atoms with van der Waals surface area (Å²) in [5.74, 6) is -0.271. The van der Waals surface area contributed by atoms with Crippen LogP contribution in [0.25, 0.3) is 0 Å². The summed E-state index contributed by atoms with van der Waals surface area (Å²) in [5, 5.41) is 9.21. The Labute approximate surface area is 123 Å². The summed E-state index contributed by atoms with van der Waals surface area (Å²) in [4.78, 5) is 13.7. The Morgan fingerprint density at radius 1 is 1.24 bits per heavy atom. The van der Waals surface area contributed by atoms with Gasteiger partial charge in [0.25, 0.3) is 0 Å². The third-order valence-electron chi connectivity index (χ3n) is 3.18. The molecule has 1 N–H and O–H groups in total. The molecule has 0 radical (unpaired) electrons. The van der Waals surface area contributed by atoms with Crippen LogP contribution in [0.15, 0.2) is 47.1 Å². The first kappa shape index (κ1) is 15.3. The van der Waals surface area contributed by atoms with Crippen molar-refractivity contribution in [3.05, 3.63) is 59.5 Å². The summed E-state index contributed by atoms with van der Waals surface area (Å²) in [7, 11) is 1.32. The highest BCUT2D eigenvalue weighted by molar-refractivity contribution is 5.87. The van der Waals surface area contributed by atoms with Crippen molar-refractivity contribution in [1.29, 1.82) is 0 Å². The van der Waals surface area contributed by atoms with Gasteiger partial charge >= 0.3 is 5.97 Å². The van der Waals surface area contributed by atoms with Crippen LogP contribution in [0.2, 0.25) is 0 Å². The predicted octanol–water partition coefficient (Wildman–Crippen LogP) is 2.06. The largest absolute Gasteiger partial charge is 0.463 e. The molecule has 2 aromatic rings. The van der Waals surface area contributed by atoms with E-state index in [0.717, 1.165) is 11.1 Å². The molecule has 0 unspecified atom stereocenters. The lowest BCUT2D eigenvalue weighted by molar-refractivity contribution is 0.0561. The second-order valence-corrected chi connectivity index (χ2v) is 4.69. The second kappa shape index (κ2) is 7.61. The van der Waals surface area contributed by atoms with Crippen molar-refractivity contribution in [1.82, 2.24) is 4.90 Å². The van der Waals surface area contributed by atoms with E-state index in [-0.39, 0.29) is 12.4 Å². The summed E-state index contributed by atoms with van der Waals surface area (Å²) in [5.41, 5.74) is 1.90. The molecule has 112 valence electrons. The summed E-state index contributed by atoms with van der Waals surface area (Å²) >= 11 is 0. The highest BCUT2D eigenvalue weighted by atomic mass is 16.5. The fraction of sp³-hybridized carbons (Fsp3) is 0.312. The van der Waals surface area contributed by atoms with Crippen molar-refractivity contribution in [2.75, 3.05) is 20.3 Å². The fourth-order valence-corrected chi connectivity index (χ4v) is 2.17. The van der Waals surface area contributed by atoms with Gasteiger partial charge in [0.2, 0.25) is 5.76 Å². The second-order valence-electron chi connectivity index (χ2n) is 4.69. The lowest BCUT2D eigenvalue weighted by atomic mass is 10.2. The molecule has 0 amide bonds. The summed E-state index contributed by atoms with van der Waals surface area (Å²) in [6.45, 7) is 1.77. The van der Waals surface area contributed by atoms with Crippen molar-refractivity contribution >= 4 is 5.97 Å². The number of esters is 1. The standard InChI is InChI=1S/C16H19NO4/c1-20-16(19)15-14(7-10-21-15)12-17(8-9-18)11-13-5-3-2-4-6-13/h2-7,10,18H,8-9,11-12H2,1H3. The Morgan fingerprint density at radius 2 is 2.00 bits per heavy atom. The monoisotopic (exact) mass is 289 g/mol. The highest BCUT2D eigenvalue weighted by Gasteiger charge is 2.18. The van der Waals surface area contributed by atoms with Crippen LogP contribution in [-0.4, -0.2) is 36.2 Å². The Hall–Kier alpha value is -2.11. The molecule has 21 heavy (non-hydrogen) atoms. The van der Waals surface area contributed by atoms with Gasteiger partial charge in [-0.25, -0.2) is 4.79 Å². The van der Waals surface area contributed by atoms with Gasteiger partial charge in [0.05, 0.1) is 20.0 Å². The molecule has 2 rings (SSSR count). The number of nitrogens with zero attached hydrogens (tertiary/aromatic N) is 1. The Balaban J connectivity index is 2.09. The number of benzene rings is 1. The molecule has 1 aromatic heterocycles. The van der Waals surface area contributed by atoms with Crippen molar-refractivity contribution in [3.63, 3.8) is 0 Å². The molecule has 1 heterocycles. The minimum Gasteiger partial charge on any atom is -0.463 e. The highest BCUT2D eigenvalue weighted by Crippen LogP contribution is 2.16. The van der Waals surface area contributed by atoms with Crippen LogP contribution in [0.1, 0.15) is 21.7 Å². The van der Waals surface area contributed by atoms with Gasteiger partial charge in [0, 0.05) is 25.2 Å². The molecule has 5 nitrogen and oxygen atoms in total. The fourth-order valence-electron chi connectivity index (χ4n) is 2.17. The molecule has 0 fully saturated rings. The molecule has 0 atom stereocenters. The third-order valence-corrected chi connectivity index (χ3v) is 3.18. The normalized spacial score (nSPS) is 10.8. The summed E-state index contributed by atoms with van der Waals surface area (Å²) in [6.07, 6.45) is 1.47. The molecule has 0 aliphatic rings. The smallest absolute Gasteiger partial charge is 0.374 e. The van der Waals surface area contributed by atoms with Gasteiger partial charge in [-0.3, -0.25) is 4.90 Å². The van der Waals surface area contributed by atoms with Gasteiger partial charge in [0.1, 0.15) is 0 Å². The number of ether oxygens (including phenoxy) is 1. The van der Waals surface area contributed by atoms with Crippen LogP contribution in [0.3, 0.4) is 0 Å². The maximum absolute atomic E-state index is 11.6. The maximum atomic E-state index is 11.6. The van der Waals surface area contributed by atoms with E-state index in [0.29, 0.717) is 19.6 Å². The zero-order valence-corrected chi connectivity index (χ0v) is 12.0. The van der Waals surface area contributed by atoms with Crippen LogP contribution in [0, 0.1) is 0 Å². The molecule has 0 bridgehead atoms. The summed E-state index contributed by atoms with van der Waals surface area (Å²) in [6, 6.07) is 11.7. The van der Waals surface area contributed by atoms with Gasteiger partial charge in [-0.05, 0) is 11.6 Å². The Kier molecular flexibility index (Phi) is 5.54. The number of aliphatic hydroxyl groups is 1. The van der Waals surface area contributed by atoms with Crippen LogP contribution in [0.4, 0.5) is 0 Å². The van der Waals surface area contributed by atoms with Crippen LogP contribution >= 0.6 is 0 Å². The van der Waals surface area contributed by atoms with Crippen LogP contribution in [-0.2, 0) is 17.8 Å². The quantitative estimate of drug-likeness (QED) is 0.790. The number of aliphatic hydroxyl groups excluding tert-OH is 1. The van der Waals surface area contributed by atoms with Gasteiger partial charge in [-0.1, -0.05) is 30.3 Å². The number of hydrogen-bond acceptors (Lipinski definition) is 5. The SMILES string of the molecule is COC(=O)c1occc1CN(CCO)Cc1ccccc1. The van der Waals surface area contributed by atoms with Gasteiger partial charge < -0.3 is 14.3 Å². The van der Waals surface area contributed by atoms with Gasteiger partial charge in [-0.15, -0.1) is 0 Å². The molecule has 0 spiro atoms. The summed E-state index contributed by atoms with van der Waals surface area (Å²) < 4.78 is 9.88. The van der Waals surface area contributed by atoms with Gasteiger partial charge in [0.15, 0.2) is 0 Å². The molecule has 0 aliphatic heterocycles. The van der Waals surface area contributed by atoms with E-state index in [1.807, 2.05) is 35.2 Å². The Morgan fingerprint density at radius 3 is 2.67 bits per heavy atom. The first-order valence-corrected chi connectivity index (χ1v) is 6.76. The van der Waals surface area contributed by atoms with E-state index in [1.54, 1.807) is 6.07 Å². The lowest BCUT2D eigenvalue weighted by Crippen LogP contribution is -2.26. The number of rotatable bonds is 7. The van der Waals surface area contributed by atoms with Gasteiger partial charge in [-0.2, -0.15) is 0 Å². The molecule has 1 aromatic carbocycles. The molecular formula is C16H19NO4. The maximum Gasteiger partial charge on any atom is 0.374 e. The van der Waals surface area contributed by atoms with E-state index in [2.05, 4.69) is 0 Å². The zero-order valence-electron chi connectivity index (χ0n) is 12.0. The molecule has 5 heteroatoms. The molecule has 0 aliphatic carbocycles. The van der Waals surface area contributed by atoms with E-state index >= 15 is 0 Å².